The molecule has 0 fully saturated rings. The first-order valence-electron chi connectivity index (χ1n) is 5.53. The number of nitrogens with one attached hydrogen (secondary N) is 1. The SMILES string of the molecule is NC(=O)c1ccc(C(=O)Nc2ccccc2Cl)cc1. The molecule has 4 nitrogen and oxygen atoms in total. The van der Waals surface area contributed by atoms with E-state index in [1.54, 1.807) is 24.3 Å². The first-order valence-corrected chi connectivity index (χ1v) is 5.91. The number of nitrogens with two attached hydrogens (primary N) is 1. The molecule has 0 aliphatic rings. The van der Waals surface area contributed by atoms with Crippen LogP contribution in [-0.4, -0.2) is 11.8 Å². The number of carbonyl (C=O) groups excluding carboxylic acids is 2. The first-order chi connectivity index (χ1) is 9.08. The monoisotopic (exact) mass is 274 g/mol. The van der Waals surface area contributed by atoms with Crippen LogP contribution in [0.2, 0.25) is 5.02 Å². The van der Waals surface area contributed by atoms with Crippen molar-refractivity contribution in [3.63, 3.8) is 0 Å². The number of carbonyl (C=O) groups is 2. The van der Waals surface area contributed by atoms with Gasteiger partial charge in [-0.15, -0.1) is 0 Å². The second-order valence-corrected chi connectivity index (χ2v) is 4.28. The number of halogens is 1. The lowest BCUT2D eigenvalue weighted by atomic mass is 10.1. The van der Waals surface area contributed by atoms with Crippen molar-refractivity contribution < 1.29 is 9.59 Å². The Kier molecular flexibility index (Phi) is 3.82. The number of anilines is 1. The third-order valence-corrected chi connectivity index (χ3v) is 2.88. The summed E-state index contributed by atoms with van der Waals surface area (Å²) in [6.45, 7) is 0. The average Bonchev–Trinajstić information content (AvgIpc) is 2.41. The topological polar surface area (TPSA) is 72.2 Å². The zero-order valence-electron chi connectivity index (χ0n) is 9.89. The van der Waals surface area contributed by atoms with E-state index in [4.69, 9.17) is 17.3 Å². The summed E-state index contributed by atoms with van der Waals surface area (Å²) in [7, 11) is 0. The number of benzene rings is 2. The van der Waals surface area contributed by atoms with Crippen LogP contribution in [0.15, 0.2) is 48.5 Å². The summed E-state index contributed by atoms with van der Waals surface area (Å²) in [5.41, 5.74) is 6.44. The van der Waals surface area contributed by atoms with Crippen molar-refractivity contribution in [2.75, 3.05) is 5.32 Å². The standard InChI is InChI=1S/C14H11ClN2O2/c15-11-3-1-2-4-12(11)17-14(19)10-7-5-9(6-8-10)13(16)18/h1-8H,(H2,16,18)(H,17,19). The lowest BCUT2D eigenvalue weighted by molar-refractivity contribution is 0.0995. The highest BCUT2D eigenvalue weighted by molar-refractivity contribution is 6.33. The number of hydrogen-bond acceptors (Lipinski definition) is 2. The van der Waals surface area contributed by atoms with Gasteiger partial charge in [0.05, 0.1) is 10.7 Å². The van der Waals surface area contributed by atoms with E-state index in [0.29, 0.717) is 21.8 Å². The second-order valence-electron chi connectivity index (χ2n) is 3.88. The highest BCUT2D eigenvalue weighted by Crippen LogP contribution is 2.21. The number of primary amides is 1. The van der Waals surface area contributed by atoms with Crippen LogP contribution in [0.1, 0.15) is 20.7 Å². The van der Waals surface area contributed by atoms with E-state index in [1.807, 2.05) is 0 Å². The number of para-hydroxylation sites is 1. The molecule has 19 heavy (non-hydrogen) atoms. The van der Waals surface area contributed by atoms with E-state index in [0.717, 1.165) is 0 Å². The van der Waals surface area contributed by atoms with E-state index in [2.05, 4.69) is 5.32 Å². The van der Waals surface area contributed by atoms with Gasteiger partial charge in [-0.05, 0) is 36.4 Å². The van der Waals surface area contributed by atoms with Crippen LogP contribution in [0, 0.1) is 0 Å². The molecule has 0 bridgehead atoms. The van der Waals surface area contributed by atoms with Gasteiger partial charge in [0.25, 0.3) is 5.91 Å². The summed E-state index contributed by atoms with van der Waals surface area (Å²) in [6.07, 6.45) is 0. The minimum Gasteiger partial charge on any atom is -0.366 e. The van der Waals surface area contributed by atoms with Gasteiger partial charge in [-0.1, -0.05) is 23.7 Å². The smallest absolute Gasteiger partial charge is 0.255 e. The molecule has 2 aromatic rings. The van der Waals surface area contributed by atoms with Gasteiger partial charge in [-0.2, -0.15) is 0 Å². The van der Waals surface area contributed by atoms with Crippen LogP contribution in [-0.2, 0) is 0 Å². The zero-order chi connectivity index (χ0) is 13.8. The molecule has 0 saturated heterocycles. The Morgan fingerprint density at radius 3 is 2.11 bits per heavy atom. The van der Waals surface area contributed by atoms with E-state index in [1.165, 1.54) is 24.3 Å². The van der Waals surface area contributed by atoms with Crippen molar-refractivity contribution >= 4 is 29.1 Å². The predicted molar refractivity (Wildman–Crippen MR) is 74.4 cm³/mol. The summed E-state index contributed by atoms with van der Waals surface area (Å²) in [5, 5.41) is 3.15. The van der Waals surface area contributed by atoms with Crippen LogP contribution in [0.5, 0.6) is 0 Å². The van der Waals surface area contributed by atoms with Gasteiger partial charge in [0.1, 0.15) is 0 Å². The molecule has 0 saturated carbocycles. The molecule has 3 N–H and O–H groups in total. The maximum absolute atomic E-state index is 12.0. The Morgan fingerprint density at radius 2 is 1.53 bits per heavy atom. The largest absolute Gasteiger partial charge is 0.366 e. The molecule has 2 aromatic carbocycles. The summed E-state index contributed by atoms with van der Waals surface area (Å²) in [5.74, 6) is -0.831. The van der Waals surface area contributed by atoms with Crippen LogP contribution in [0.4, 0.5) is 5.69 Å². The Hall–Kier alpha value is -2.33. The molecule has 2 amide bonds. The van der Waals surface area contributed by atoms with Gasteiger partial charge in [-0.3, -0.25) is 9.59 Å². The molecule has 0 aliphatic carbocycles. The fourth-order valence-electron chi connectivity index (χ4n) is 1.54. The summed E-state index contributed by atoms with van der Waals surface area (Å²) in [4.78, 5) is 22.9. The van der Waals surface area contributed by atoms with Crippen molar-refractivity contribution in [1.29, 1.82) is 0 Å². The minimum atomic E-state index is -0.530. The Morgan fingerprint density at radius 1 is 0.947 bits per heavy atom. The van der Waals surface area contributed by atoms with Gasteiger partial charge in [-0.25, -0.2) is 0 Å². The lowest BCUT2D eigenvalue weighted by Crippen LogP contribution is -2.14. The van der Waals surface area contributed by atoms with E-state index < -0.39 is 5.91 Å². The fourth-order valence-corrected chi connectivity index (χ4v) is 1.73. The van der Waals surface area contributed by atoms with Crippen LogP contribution < -0.4 is 11.1 Å². The van der Waals surface area contributed by atoms with E-state index in [-0.39, 0.29) is 5.91 Å². The number of rotatable bonds is 3. The molecule has 0 atom stereocenters. The third-order valence-electron chi connectivity index (χ3n) is 2.55. The lowest BCUT2D eigenvalue weighted by Gasteiger charge is -2.07. The van der Waals surface area contributed by atoms with Gasteiger partial charge >= 0.3 is 0 Å². The maximum Gasteiger partial charge on any atom is 0.255 e. The van der Waals surface area contributed by atoms with Gasteiger partial charge < -0.3 is 11.1 Å². The molecule has 0 unspecified atom stereocenters. The van der Waals surface area contributed by atoms with Crippen molar-refractivity contribution in [2.24, 2.45) is 5.73 Å². The third kappa shape index (κ3) is 3.11. The molecule has 0 heterocycles. The van der Waals surface area contributed by atoms with E-state index in [9.17, 15) is 9.59 Å². The molecule has 5 heteroatoms. The Bertz CT molecular complexity index is 624. The van der Waals surface area contributed by atoms with Gasteiger partial charge in [0, 0.05) is 11.1 Å². The molecular weight excluding hydrogens is 264 g/mol. The van der Waals surface area contributed by atoms with Crippen molar-refractivity contribution in [3.8, 4) is 0 Å². The molecule has 0 radical (unpaired) electrons. The number of amides is 2. The van der Waals surface area contributed by atoms with E-state index >= 15 is 0 Å². The zero-order valence-corrected chi connectivity index (χ0v) is 10.6. The van der Waals surface area contributed by atoms with Crippen molar-refractivity contribution in [3.05, 3.63) is 64.7 Å². The fraction of sp³-hybridized carbons (Fsp3) is 0. The van der Waals surface area contributed by atoms with Crippen LogP contribution in [0.3, 0.4) is 0 Å². The molecular formula is C14H11ClN2O2. The molecule has 0 aliphatic heterocycles. The summed E-state index contributed by atoms with van der Waals surface area (Å²) >= 11 is 5.95. The molecule has 2 rings (SSSR count). The predicted octanol–water partition coefficient (Wildman–Crippen LogP) is 2.69. The van der Waals surface area contributed by atoms with Crippen LogP contribution >= 0.6 is 11.6 Å². The second kappa shape index (κ2) is 5.54. The van der Waals surface area contributed by atoms with Crippen LogP contribution in [0.25, 0.3) is 0 Å². The van der Waals surface area contributed by atoms with Gasteiger partial charge in [0.15, 0.2) is 0 Å². The minimum absolute atomic E-state index is 0.302. The van der Waals surface area contributed by atoms with Crippen molar-refractivity contribution in [1.82, 2.24) is 0 Å². The average molecular weight is 275 g/mol. The Balaban J connectivity index is 2.16. The summed E-state index contributed by atoms with van der Waals surface area (Å²) in [6, 6.07) is 13.0. The quantitative estimate of drug-likeness (QED) is 0.903. The van der Waals surface area contributed by atoms with Gasteiger partial charge in [0.2, 0.25) is 5.91 Å². The first kappa shape index (κ1) is 13.1. The molecule has 0 aromatic heterocycles. The number of hydrogen-bond donors (Lipinski definition) is 2. The maximum atomic E-state index is 12.0. The highest BCUT2D eigenvalue weighted by atomic mass is 35.5. The molecule has 0 spiro atoms. The van der Waals surface area contributed by atoms with Crippen molar-refractivity contribution in [2.45, 2.75) is 0 Å². The highest BCUT2D eigenvalue weighted by Gasteiger charge is 2.08. The summed E-state index contributed by atoms with van der Waals surface area (Å²) < 4.78 is 0. The molecule has 96 valence electrons. The normalized spacial score (nSPS) is 9.95. The Labute approximate surface area is 115 Å².